The maximum absolute atomic E-state index is 12.8. The molecule has 0 heterocycles. The van der Waals surface area contributed by atoms with Gasteiger partial charge in [0.15, 0.2) is 6.10 Å². The van der Waals surface area contributed by atoms with Gasteiger partial charge in [-0.05, 0) is 116 Å². The van der Waals surface area contributed by atoms with Gasteiger partial charge in [0.25, 0.3) is 0 Å². The highest BCUT2D eigenvalue weighted by atomic mass is 16.6. The number of carbonyl (C=O) groups is 3. The monoisotopic (exact) mass is 939 g/mol. The van der Waals surface area contributed by atoms with Gasteiger partial charge in [-0.25, -0.2) is 0 Å². The van der Waals surface area contributed by atoms with E-state index in [4.69, 9.17) is 14.2 Å². The summed E-state index contributed by atoms with van der Waals surface area (Å²) < 4.78 is 16.7. The van der Waals surface area contributed by atoms with E-state index >= 15 is 0 Å². The largest absolute Gasteiger partial charge is 0.462 e. The highest BCUT2D eigenvalue weighted by Crippen LogP contribution is 2.12. The Balaban J connectivity index is 4.59. The van der Waals surface area contributed by atoms with Gasteiger partial charge in [-0.2, -0.15) is 0 Å². The number of carbonyl (C=O) groups excluding carboxylic acids is 3. The average Bonchev–Trinajstić information content (AvgIpc) is 3.34. The van der Waals surface area contributed by atoms with Crippen LogP contribution in [0, 0.1) is 0 Å². The molecule has 0 aliphatic carbocycles. The molecule has 1 atom stereocenters. The Labute approximate surface area is 417 Å². The van der Waals surface area contributed by atoms with E-state index < -0.39 is 12.1 Å². The molecule has 1 unspecified atom stereocenters. The molecule has 0 aromatic carbocycles. The minimum Gasteiger partial charge on any atom is -0.462 e. The Hall–Kier alpha value is -4.45. The lowest BCUT2D eigenvalue weighted by atomic mass is 10.1. The number of hydrogen-bond donors (Lipinski definition) is 0. The minimum absolute atomic E-state index is 0.131. The first-order valence-corrected chi connectivity index (χ1v) is 27.2. The Morgan fingerprint density at radius 1 is 0.324 bits per heavy atom. The van der Waals surface area contributed by atoms with Crippen molar-refractivity contribution in [3.05, 3.63) is 134 Å². The molecular weight excluding hydrogens is 841 g/mol. The molecule has 6 heteroatoms. The molecular formula is C62H98O6. The zero-order valence-corrected chi connectivity index (χ0v) is 43.6. The van der Waals surface area contributed by atoms with E-state index in [1.807, 2.05) is 12.2 Å². The van der Waals surface area contributed by atoms with Crippen molar-refractivity contribution in [3.63, 3.8) is 0 Å². The maximum Gasteiger partial charge on any atom is 0.306 e. The number of unbranched alkanes of at least 4 members (excludes halogenated alkanes) is 15. The number of allylic oxidation sites excluding steroid dienone is 22. The average molecular weight is 939 g/mol. The lowest BCUT2D eigenvalue weighted by molar-refractivity contribution is -0.166. The van der Waals surface area contributed by atoms with Gasteiger partial charge in [0.2, 0.25) is 0 Å². The van der Waals surface area contributed by atoms with E-state index in [1.165, 1.54) is 51.4 Å². The molecule has 382 valence electrons. The number of rotatable bonds is 47. The second kappa shape index (κ2) is 55.1. The zero-order valence-electron chi connectivity index (χ0n) is 43.6. The van der Waals surface area contributed by atoms with Gasteiger partial charge in [0.05, 0.1) is 0 Å². The quantitative estimate of drug-likeness (QED) is 0.0199. The Bertz CT molecular complexity index is 1500. The van der Waals surface area contributed by atoms with Crippen molar-refractivity contribution < 1.29 is 28.6 Å². The van der Waals surface area contributed by atoms with Crippen molar-refractivity contribution in [1.29, 1.82) is 0 Å². The van der Waals surface area contributed by atoms with Crippen molar-refractivity contribution in [3.8, 4) is 0 Å². The van der Waals surface area contributed by atoms with Gasteiger partial charge < -0.3 is 14.2 Å². The van der Waals surface area contributed by atoms with Gasteiger partial charge in [-0.3, -0.25) is 14.4 Å². The van der Waals surface area contributed by atoms with Crippen LogP contribution in [-0.2, 0) is 28.6 Å². The molecule has 0 N–H and O–H groups in total. The Morgan fingerprint density at radius 3 is 1.06 bits per heavy atom. The SMILES string of the molecule is CC/C=C\C/C=C\C/C=C\C/C=C\C/C=C\CCC(=O)OC(COC(=O)CCCCC/C=C\C/C=C\C/C=C\C/C=C\CC)COC(=O)CCCCCCC/C=C\C=C/CCCCCCCCC. The van der Waals surface area contributed by atoms with E-state index in [9.17, 15) is 14.4 Å². The van der Waals surface area contributed by atoms with E-state index in [2.05, 4.69) is 142 Å². The van der Waals surface area contributed by atoms with E-state index in [0.29, 0.717) is 19.3 Å². The number of esters is 3. The summed E-state index contributed by atoms with van der Waals surface area (Å²) in [4.78, 5) is 38.0. The normalized spacial score (nSPS) is 13.2. The molecule has 0 amide bonds. The first-order valence-electron chi connectivity index (χ1n) is 27.2. The fourth-order valence-corrected chi connectivity index (χ4v) is 6.88. The van der Waals surface area contributed by atoms with Gasteiger partial charge >= 0.3 is 17.9 Å². The minimum atomic E-state index is -0.842. The summed E-state index contributed by atoms with van der Waals surface area (Å²) in [6, 6.07) is 0. The van der Waals surface area contributed by atoms with Crippen LogP contribution in [-0.4, -0.2) is 37.2 Å². The fourth-order valence-electron chi connectivity index (χ4n) is 6.88. The van der Waals surface area contributed by atoms with Crippen molar-refractivity contribution in [2.24, 2.45) is 0 Å². The van der Waals surface area contributed by atoms with E-state index in [-0.39, 0.29) is 31.6 Å². The molecule has 6 nitrogen and oxygen atoms in total. The summed E-state index contributed by atoms with van der Waals surface area (Å²) in [5.74, 6) is -1.07. The van der Waals surface area contributed by atoms with Crippen LogP contribution >= 0.6 is 0 Å². The molecule has 0 radical (unpaired) electrons. The number of ether oxygens (including phenoxy) is 3. The lowest BCUT2D eigenvalue weighted by Crippen LogP contribution is -2.30. The molecule has 0 fully saturated rings. The summed E-state index contributed by atoms with van der Waals surface area (Å²) in [5, 5.41) is 0. The maximum atomic E-state index is 12.8. The van der Waals surface area contributed by atoms with E-state index in [0.717, 1.165) is 122 Å². The topological polar surface area (TPSA) is 78.9 Å². The van der Waals surface area contributed by atoms with Gasteiger partial charge in [0, 0.05) is 19.3 Å². The highest BCUT2D eigenvalue weighted by Gasteiger charge is 2.19. The summed E-state index contributed by atoms with van der Waals surface area (Å²) in [6.45, 7) is 6.29. The summed E-state index contributed by atoms with van der Waals surface area (Å²) >= 11 is 0. The van der Waals surface area contributed by atoms with Crippen molar-refractivity contribution in [1.82, 2.24) is 0 Å². The molecule has 68 heavy (non-hydrogen) atoms. The molecule has 0 saturated heterocycles. The number of hydrogen-bond acceptors (Lipinski definition) is 6. The van der Waals surface area contributed by atoms with Gasteiger partial charge in [-0.1, -0.05) is 219 Å². The molecule has 0 saturated carbocycles. The molecule has 0 aliphatic rings. The fraction of sp³-hybridized carbons (Fsp3) is 0.597. The van der Waals surface area contributed by atoms with Crippen molar-refractivity contribution in [2.75, 3.05) is 13.2 Å². The van der Waals surface area contributed by atoms with Crippen molar-refractivity contribution >= 4 is 17.9 Å². The second-order valence-electron chi connectivity index (χ2n) is 17.4. The highest BCUT2D eigenvalue weighted by molar-refractivity contribution is 5.71. The second-order valence-corrected chi connectivity index (χ2v) is 17.4. The van der Waals surface area contributed by atoms with Crippen LogP contribution in [0.5, 0.6) is 0 Å². The van der Waals surface area contributed by atoms with Crippen LogP contribution in [0.2, 0.25) is 0 Å². The van der Waals surface area contributed by atoms with Crippen LogP contribution in [0.25, 0.3) is 0 Å². The summed E-state index contributed by atoms with van der Waals surface area (Å²) in [7, 11) is 0. The van der Waals surface area contributed by atoms with Crippen LogP contribution in [0.3, 0.4) is 0 Å². The van der Waals surface area contributed by atoms with Crippen molar-refractivity contribution in [2.45, 2.75) is 226 Å². The Kier molecular flexibility index (Phi) is 51.5. The zero-order chi connectivity index (χ0) is 49.3. The molecule has 0 aromatic rings. The van der Waals surface area contributed by atoms with Gasteiger partial charge in [0.1, 0.15) is 13.2 Å². The molecule has 0 aromatic heterocycles. The summed E-state index contributed by atoms with van der Waals surface area (Å²) in [6.07, 6.45) is 77.4. The standard InChI is InChI=1S/C62H98O6/c1-4-7-10-13-16-19-22-25-28-31-32-35-37-40-43-46-49-52-55-61(64)67-58-59(68-62(65)56-53-50-47-44-41-38-34-30-27-24-21-18-15-12-9-6-3)57-66-60(63)54-51-48-45-42-39-36-33-29-26-23-20-17-14-11-8-5-2/h8-9,11-12,17-18,20-21,26-32,35-36,38-39,41,47,50,59H,4-7,10,13-16,19,22-25,33-34,37,40,42-46,48-49,51-58H2,1-3H3/b11-8-,12-9-,20-17-,21-18-,29-26-,30-27-,31-28-,35-32-,39-36-,41-38-,50-47-. The van der Waals surface area contributed by atoms with Crippen LogP contribution in [0.15, 0.2) is 134 Å². The third-order valence-corrected chi connectivity index (χ3v) is 10.9. The smallest absolute Gasteiger partial charge is 0.306 e. The predicted octanol–water partition coefficient (Wildman–Crippen LogP) is 18.3. The molecule has 0 rings (SSSR count). The lowest BCUT2D eigenvalue weighted by Gasteiger charge is -2.18. The predicted molar refractivity (Wildman–Crippen MR) is 292 cm³/mol. The van der Waals surface area contributed by atoms with Crippen LogP contribution < -0.4 is 0 Å². The molecule has 0 bridgehead atoms. The molecule has 0 spiro atoms. The van der Waals surface area contributed by atoms with E-state index in [1.54, 1.807) is 0 Å². The Morgan fingerprint density at radius 2 is 0.647 bits per heavy atom. The van der Waals surface area contributed by atoms with Crippen LogP contribution in [0.4, 0.5) is 0 Å². The first-order chi connectivity index (χ1) is 33.5. The van der Waals surface area contributed by atoms with Crippen LogP contribution in [0.1, 0.15) is 220 Å². The third kappa shape index (κ3) is 52.5. The summed E-state index contributed by atoms with van der Waals surface area (Å²) in [5.41, 5.74) is 0. The first kappa shape index (κ1) is 63.5. The van der Waals surface area contributed by atoms with Gasteiger partial charge in [-0.15, -0.1) is 0 Å². The third-order valence-electron chi connectivity index (χ3n) is 10.9. The molecule has 0 aliphatic heterocycles.